The van der Waals surface area contributed by atoms with E-state index in [2.05, 4.69) is 10.3 Å². The Morgan fingerprint density at radius 2 is 2.09 bits per heavy atom. The van der Waals surface area contributed by atoms with Crippen LogP contribution in [0.25, 0.3) is 11.3 Å². The van der Waals surface area contributed by atoms with Crippen LogP contribution >= 0.6 is 11.3 Å². The average Bonchev–Trinajstić information content (AvgIpc) is 3.02. The molecular weight excluding hydrogens is 332 g/mol. The first kappa shape index (κ1) is 16.1. The molecule has 23 heavy (non-hydrogen) atoms. The summed E-state index contributed by atoms with van der Waals surface area (Å²) in [5, 5.41) is 3.36. The fourth-order valence-corrected chi connectivity index (χ4v) is 5.49. The van der Waals surface area contributed by atoms with E-state index in [-0.39, 0.29) is 29.8 Å². The van der Waals surface area contributed by atoms with E-state index in [1.165, 1.54) is 11.3 Å². The molecule has 1 fully saturated rings. The number of aryl methyl sites for hydroxylation is 1. The summed E-state index contributed by atoms with van der Waals surface area (Å²) in [6, 6.07) is 9.82. The number of carbonyl (C=O) groups is 1. The highest BCUT2D eigenvalue weighted by Crippen LogP contribution is 2.30. The molecular formula is C16H18N2O3S2. The lowest BCUT2D eigenvalue weighted by Crippen LogP contribution is -2.17. The maximum Gasteiger partial charge on any atom is 0.226 e. The van der Waals surface area contributed by atoms with Gasteiger partial charge in [0.1, 0.15) is 0 Å². The van der Waals surface area contributed by atoms with Gasteiger partial charge in [-0.1, -0.05) is 30.3 Å². The van der Waals surface area contributed by atoms with Gasteiger partial charge in [0.15, 0.2) is 15.0 Å². The lowest BCUT2D eigenvalue weighted by molar-refractivity contribution is -0.116. The fourth-order valence-electron chi connectivity index (χ4n) is 2.78. The third-order valence-electron chi connectivity index (χ3n) is 3.89. The number of thiazole rings is 1. The van der Waals surface area contributed by atoms with Crippen molar-refractivity contribution >= 4 is 32.2 Å². The van der Waals surface area contributed by atoms with Crippen LogP contribution in [-0.2, 0) is 14.6 Å². The summed E-state index contributed by atoms with van der Waals surface area (Å²) < 4.78 is 22.9. The Morgan fingerprint density at radius 1 is 1.35 bits per heavy atom. The molecule has 1 aliphatic rings. The number of anilines is 1. The summed E-state index contributed by atoms with van der Waals surface area (Å²) in [5.41, 5.74) is 1.89. The molecule has 1 atom stereocenters. The summed E-state index contributed by atoms with van der Waals surface area (Å²) in [6.07, 6.45) is 0.806. The maximum atomic E-state index is 12.1. The largest absolute Gasteiger partial charge is 0.302 e. The Labute approximate surface area is 139 Å². The Bertz CT molecular complexity index is 813. The predicted octanol–water partition coefficient (Wildman–Crippen LogP) is 2.88. The molecule has 122 valence electrons. The Morgan fingerprint density at radius 3 is 2.74 bits per heavy atom. The van der Waals surface area contributed by atoms with Gasteiger partial charge in [-0.3, -0.25) is 4.79 Å². The number of aromatic nitrogens is 1. The van der Waals surface area contributed by atoms with Gasteiger partial charge in [0.05, 0.1) is 17.2 Å². The van der Waals surface area contributed by atoms with Gasteiger partial charge in [-0.15, -0.1) is 11.3 Å². The number of hydrogen-bond acceptors (Lipinski definition) is 5. The molecule has 1 aliphatic heterocycles. The molecule has 0 bridgehead atoms. The Balaban J connectivity index is 1.66. The molecule has 1 aromatic heterocycles. The van der Waals surface area contributed by atoms with E-state index in [4.69, 9.17) is 0 Å². The minimum Gasteiger partial charge on any atom is -0.302 e. The monoisotopic (exact) mass is 350 g/mol. The van der Waals surface area contributed by atoms with E-state index >= 15 is 0 Å². The van der Waals surface area contributed by atoms with Crippen LogP contribution in [0.3, 0.4) is 0 Å². The average molecular weight is 350 g/mol. The van der Waals surface area contributed by atoms with Crippen molar-refractivity contribution in [2.45, 2.75) is 19.8 Å². The first-order valence-corrected chi connectivity index (χ1v) is 10.1. The lowest BCUT2D eigenvalue weighted by Gasteiger charge is -2.06. The van der Waals surface area contributed by atoms with Crippen LogP contribution in [-0.4, -0.2) is 30.8 Å². The first-order valence-electron chi connectivity index (χ1n) is 7.46. The van der Waals surface area contributed by atoms with Gasteiger partial charge in [-0.05, 0) is 19.3 Å². The number of hydrogen-bond donors (Lipinski definition) is 1. The Hall–Kier alpha value is -1.73. The molecule has 1 aromatic carbocycles. The summed E-state index contributed by atoms with van der Waals surface area (Å²) in [7, 11) is -2.95. The number of carbonyl (C=O) groups excluding carboxylic acids is 1. The van der Waals surface area contributed by atoms with Crippen molar-refractivity contribution in [3.63, 3.8) is 0 Å². The van der Waals surface area contributed by atoms with Crippen LogP contribution in [0.5, 0.6) is 0 Å². The van der Waals surface area contributed by atoms with E-state index in [0.29, 0.717) is 11.6 Å². The molecule has 2 aromatic rings. The van der Waals surface area contributed by atoms with E-state index in [9.17, 15) is 13.2 Å². The van der Waals surface area contributed by atoms with Gasteiger partial charge in [-0.25, -0.2) is 13.4 Å². The zero-order chi connectivity index (χ0) is 16.4. The topological polar surface area (TPSA) is 76.1 Å². The molecule has 0 saturated carbocycles. The van der Waals surface area contributed by atoms with Crippen LogP contribution in [0.2, 0.25) is 0 Å². The van der Waals surface area contributed by atoms with Crippen molar-refractivity contribution in [3.05, 3.63) is 35.2 Å². The molecule has 1 amide bonds. The van der Waals surface area contributed by atoms with Crippen molar-refractivity contribution in [2.75, 3.05) is 16.8 Å². The van der Waals surface area contributed by atoms with Crippen molar-refractivity contribution < 1.29 is 13.2 Å². The second-order valence-corrected chi connectivity index (χ2v) is 9.24. The van der Waals surface area contributed by atoms with Gasteiger partial charge in [0.2, 0.25) is 5.91 Å². The van der Waals surface area contributed by atoms with Crippen LogP contribution in [0.4, 0.5) is 5.13 Å². The van der Waals surface area contributed by atoms with E-state index in [0.717, 1.165) is 16.1 Å². The predicted molar refractivity (Wildman–Crippen MR) is 92.3 cm³/mol. The number of rotatable bonds is 4. The summed E-state index contributed by atoms with van der Waals surface area (Å²) in [4.78, 5) is 17.6. The van der Waals surface area contributed by atoms with Crippen LogP contribution < -0.4 is 5.32 Å². The van der Waals surface area contributed by atoms with Crippen molar-refractivity contribution in [1.29, 1.82) is 0 Å². The van der Waals surface area contributed by atoms with Crippen LogP contribution in [0, 0.1) is 12.8 Å². The van der Waals surface area contributed by atoms with Crippen LogP contribution in [0.15, 0.2) is 30.3 Å². The van der Waals surface area contributed by atoms with Crippen molar-refractivity contribution in [2.24, 2.45) is 5.92 Å². The molecule has 2 heterocycles. The molecule has 0 aliphatic carbocycles. The number of nitrogens with zero attached hydrogens (tertiary/aromatic N) is 1. The van der Waals surface area contributed by atoms with Gasteiger partial charge in [0.25, 0.3) is 0 Å². The number of amides is 1. The lowest BCUT2D eigenvalue weighted by atomic mass is 10.1. The number of nitrogens with one attached hydrogen (secondary N) is 1. The van der Waals surface area contributed by atoms with Gasteiger partial charge >= 0.3 is 0 Å². The van der Waals surface area contributed by atoms with E-state index < -0.39 is 9.84 Å². The molecule has 3 rings (SSSR count). The standard InChI is InChI=1S/C16H18N2O3S2/c1-11-15(13-5-3-2-4-6-13)18-16(22-11)17-14(19)9-12-7-8-23(20,21)10-12/h2-6,12H,7-10H2,1H3,(H,17,18,19)/t12-/m0/s1. The highest BCUT2D eigenvalue weighted by atomic mass is 32.2. The van der Waals surface area contributed by atoms with Crippen LogP contribution in [0.1, 0.15) is 17.7 Å². The second kappa shape index (κ2) is 6.41. The van der Waals surface area contributed by atoms with E-state index in [1.807, 2.05) is 37.3 Å². The third kappa shape index (κ3) is 3.97. The van der Waals surface area contributed by atoms with Gasteiger partial charge in [0, 0.05) is 16.9 Å². The number of benzene rings is 1. The molecule has 5 nitrogen and oxygen atoms in total. The molecule has 1 saturated heterocycles. The van der Waals surface area contributed by atoms with Crippen molar-refractivity contribution in [1.82, 2.24) is 4.98 Å². The summed E-state index contributed by atoms with van der Waals surface area (Å²) >= 11 is 1.43. The third-order valence-corrected chi connectivity index (χ3v) is 6.61. The fraction of sp³-hybridized carbons (Fsp3) is 0.375. The molecule has 0 spiro atoms. The first-order chi connectivity index (χ1) is 10.9. The zero-order valence-electron chi connectivity index (χ0n) is 12.8. The highest BCUT2D eigenvalue weighted by Gasteiger charge is 2.29. The molecule has 7 heteroatoms. The zero-order valence-corrected chi connectivity index (χ0v) is 14.4. The van der Waals surface area contributed by atoms with Gasteiger partial charge in [-0.2, -0.15) is 0 Å². The van der Waals surface area contributed by atoms with E-state index in [1.54, 1.807) is 0 Å². The summed E-state index contributed by atoms with van der Waals surface area (Å²) in [5.74, 6) is 0.0709. The minimum atomic E-state index is -2.95. The highest BCUT2D eigenvalue weighted by molar-refractivity contribution is 7.91. The van der Waals surface area contributed by atoms with Gasteiger partial charge < -0.3 is 5.32 Å². The number of sulfone groups is 1. The molecule has 0 unspecified atom stereocenters. The molecule has 0 radical (unpaired) electrons. The quantitative estimate of drug-likeness (QED) is 0.920. The Kier molecular flexibility index (Phi) is 4.50. The normalized spacial score (nSPS) is 19.6. The summed E-state index contributed by atoms with van der Waals surface area (Å²) in [6.45, 7) is 1.97. The SMILES string of the molecule is Cc1sc(NC(=O)C[C@@H]2CCS(=O)(=O)C2)nc1-c1ccccc1. The maximum absolute atomic E-state index is 12.1. The van der Waals surface area contributed by atoms with Crippen molar-refractivity contribution in [3.8, 4) is 11.3 Å². The molecule has 1 N–H and O–H groups in total. The second-order valence-electron chi connectivity index (χ2n) is 5.81. The minimum absolute atomic E-state index is 0.0744. The smallest absolute Gasteiger partial charge is 0.226 e.